The van der Waals surface area contributed by atoms with Crippen LogP contribution in [0.5, 0.6) is 0 Å². The van der Waals surface area contributed by atoms with Gasteiger partial charge in [0.25, 0.3) is 5.91 Å². The summed E-state index contributed by atoms with van der Waals surface area (Å²) in [5.41, 5.74) is 3.30. The number of nitrogens with one attached hydrogen (secondary N) is 1. The van der Waals surface area contributed by atoms with Crippen LogP contribution < -0.4 is 15.1 Å². The molecule has 2 amide bonds. The molecule has 0 aliphatic carbocycles. The van der Waals surface area contributed by atoms with Gasteiger partial charge in [-0.05, 0) is 54.1 Å². The molecule has 31 heavy (non-hydrogen) atoms. The van der Waals surface area contributed by atoms with Crippen LogP contribution in [-0.2, 0) is 4.79 Å². The van der Waals surface area contributed by atoms with Crippen molar-refractivity contribution in [2.24, 2.45) is 0 Å². The molecule has 0 aromatic heterocycles. The van der Waals surface area contributed by atoms with Gasteiger partial charge >= 0.3 is 0 Å². The monoisotopic (exact) mass is 435 g/mol. The number of benzene rings is 3. The van der Waals surface area contributed by atoms with Gasteiger partial charge in [-0.15, -0.1) is 11.8 Å². The quantitative estimate of drug-likeness (QED) is 0.618. The number of rotatable bonds is 5. The highest BCUT2D eigenvalue weighted by molar-refractivity contribution is 8.00. The summed E-state index contributed by atoms with van der Waals surface area (Å²) in [6.45, 7) is 0. The molecule has 1 heterocycles. The van der Waals surface area contributed by atoms with E-state index < -0.39 is 11.7 Å². The Labute approximate surface area is 184 Å². The van der Waals surface area contributed by atoms with Gasteiger partial charge < -0.3 is 10.2 Å². The van der Waals surface area contributed by atoms with Gasteiger partial charge in [0.1, 0.15) is 11.2 Å². The Morgan fingerprint density at radius 2 is 1.81 bits per heavy atom. The normalized spacial score (nSPS) is 15.8. The van der Waals surface area contributed by atoms with Crippen molar-refractivity contribution < 1.29 is 14.0 Å². The summed E-state index contributed by atoms with van der Waals surface area (Å²) >= 11 is 1.54. The van der Waals surface area contributed by atoms with Crippen LogP contribution in [0.25, 0.3) is 0 Å². The minimum Gasteiger partial charge on any atom is -0.378 e. The van der Waals surface area contributed by atoms with E-state index in [0.717, 1.165) is 16.9 Å². The lowest BCUT2D eigenvalue weighted by molar-refractivity contribution is -0.115. The van der Waals surface area contributed by atoms with E-state index in [2.05, 4.69) is 5.32 Å². The topological polar surface area (TPSA) is 52.6 Å². The highest BCUT2D eigenvalue weighted by Crippen LogP contribution is 2.42. The van der Waals surface area contributed by atoms with Gasteiger partial charge in [0, 0.05) is 31.2 Å². The molecule has 0 spiro atoms. The van der Waals surface area contributed by atoms with E-state index >= 15 is 0 Å². The van der Waals surface area contributed by atoms with Crippen LogP contribution >= 0.6 is 11.8 Å². The summed E-state index contributed by atoms with van der Waals surface area (Å²) in [6.07, 6.45) is 0. The molecule has 3 aromatic rings. The maximum absolute atomic E-state index is 13.9. The average Bonchev–Trinajstić information content (AvgIpc) is 3.15. The van der Waals surface area contributed by atoms with Crippen LogP contribution in [-0.4, -0.2) is 31.7 Å². The zero-order valence-electron chi connectivity index (χ0n) is 17.2. The molecule has 7 heteroatoms. The summed E-state index contributed by atoms with van der Waals surface area (Å²) in [5.74, 6) is -0.665. The van der Waals surface area contributed by atoms with Gasteiger partial charge in [-0.25, -0.2) is 4.39 Å². The maximum atomic E-state index is 13.9. The number of nitrogens with zero attached hydrogens (tertiary/aromatic N) is 2. The van der Waals surface area contributed by atoms with E-state index in [1.165, 1.54) is 23.9 Å². The number of amides is 2. The Morgan fingerprint density at radius 3 is 2.52 bits per heavy atom. The lowest BCUT2D eigenvalue weighted by Crippen LogP contribution is -2.27. The van der Waals surface area contributed by atoms with Gasteiger partial charge in [0.2, 0.25) is 5.91 Å². The zero-order valence-corrected chi connectivity index (χ0v) is 18.0. The van der Waals surface area contributed by atoms with Crippen molar-refractivity contribution in [1.82, 2.24) is 0 Å². The fourth-order valence-corrected chi connectivity index (χ4v) is 4.64. The molecule has 5 nitrogen and oxygen atoms in total. The second-order valence-corrected chi connectivity index (χ2v) is 8.47. The molecule has 1 N–H and O–H groups in total. The number of hydrogen-bond acceptors (Lipinski definition) is 4. The Balaban J connectivity index is 1.58. The number of carbonyl (C=O) groups excluding carboxylic acids is 2. The minimum absolute atomic E-state index is 0.0130. The largest absolute Gasteiger partial charge is 0.378 e. The summed E-state index contributed by atoms with van der Waals surface area (Å²) in [4.78, 5) is 28.9. The third-order valence-electron chi connectivity index (χ3n) is 5.06. The van der Waals surface area contributed by atoms with E-state index in [-0.39, 0.29) is 16.8 Å². The highest BCUT2D eigenvalue weighted by Gasteiger charge is 2.34. The molecule has 0 radical (unpaired) electrons. The molecular formula is C24H22FN3O2S. The van der Waals surface area contributed by atoms with Gasteiger partial charge in [0.15, 0.2) is 0 Å². The van der Waals surface area contributed by atoms with E-state index in [9.17, 15) is 14.0 Å². The molecule has 1 fully saturated rings. The van der Waals surface area contributed by atoms with Crippen LogP contribution in [0, 0.1) is 5.82 Å². The van der Waals surface area contributed by atoms with E-state index in [4.69, 9.17) is 0 Å². The fourth-order valence-electron chi connectivity index (χ4n) is 3.47. The molecule has 1 aliphatic heterocycles. The molecular weight excluding hydrogens is 413 g/mol. The summed E-state index contributed by atoms with van der Waals surface area (Å²) in [6, 6.07) is 21.0. The summed E-state index contributed by atoms with van der Waals surface area (Å²) in [7, 11) is 3.94. The third kappa shape index (κ3) is 4.41. The smallest absolute Gasteiger partial charge is 0.258 e. The van der Waals surface area contributed by atoms with Crippen LogP contribution in [0.1, 0.15) is 21.3 Å². The van der Waals surface area contributed by atoms with Gasteiger partial charge in [-0.3, -0.25) is 14.5 Å². The second-order valence-electron chi connectivity index (χ2n) is 7.40. The van der Waals surface area contributed by atoms with Gasteiger partial charge in [-0.1, -0.05) is 24.3 Å². The van der Waals surface area contributed by atoms with E-state index in [1.807, 2.05) is 61.5 Å². The number of hydrogen-bond donors (Lipinski definition) is 1. The van der Waals surface area contributed by atoms with Crippen LogP contribution in [0.2, 0.25) is 0 Å². The standard InChI is InChI=1S/C24H22FN3O2S/c1-27(2)18-10-12-19(13-11-18)28-22(29)15-31-24(28)16-6-5-7-17(14-16)26-23(30)20-8-3-4-9-21(20)25/h3-14,24H,15H2,1-2H3,(H,26,30). The van der Waals surface area contributed by atoms with Gasteiger partial charge in [0.05, 0.1) is 11.3 Å². The van der Waals surface area contributed by atoms with Crippen molar-refractivity contribution in [2.45, 2.75) is 5.37 Å². The van der Waals surface area contributed by atoms with Crippen LogP contribution in [0.15, 0.2) is 72.8 Å². The first-order valence-electron chi connectivity index (χ1n) is 9.81. The molecule has 4 rings (SSSR count). The number of halogens is 1. The summed E-state index contributed by atoms with van der Waals surface area (Å²) < 4.78 is 13.9. The SMILES string of the molecule is CN(C)c1ccc(N2C(=O)CSC2c2cccc(NC(=O)c3ccccc3F)c2)cc1. The Kier molecular flexibility index (Phi) is 5.95. The second kappa shape index (κ2) is 8.81. The van der Waals surface area contributed by atoms with Crippen molar-refractivity contribution in [3.05, 3.63) is 89.7 Å². The molecule has 1 aliphatic rings. The zero-order chi connectivity index (χ0) is 22.0. The predicted octanol–water partition coefficient (Wildman–Crippen LogP) is 4.92. The number of thioether (sulfide) groups is 1. The summed E-state index contributed by atoms with van der Waals surface area (Å²) in [5, 5.41) is 2.55. The molecule has 1 saturated heterocycles. The van der Waals surface area contributed by atoms with Crippen molar-refractivity contribution >= 4 is 40.6 Å². The molecule has 1 atom stereocenters. The Bertz CT molecular complexity index is 1120. The maximum Gasteiger partial charge on any atom is 0.258 e. The van der Waals surface area contributed by atoms with Crippen molar-refractivity contribution in [3.8, 4) is 0 Å². The number of carbonyl (C=O) groups is 2. The molecule has 158 valence electrons. The first-order valence-corrected chi connectivity index (χ1v) is 10.9. The first kappa shape index (κ1) is 20.9. The van der Waals surface area contributed by atoms with Crippen LogP contribution in [0.4, 0.5) is 21.5 Å². The van der Waals surface area contributed by atoms with Crippen LogP contribution in [0.3, 0.4) is 0 Å². The third-order valence-corrected chi connectivity index (χ3v) is 6.27. The Hall–Kier alpha value is -3.32. The molecule has 0 bridgehead atoms. The fraction of sp³-hybridized carbons (Fsp3) is 0.167. The predicted molar refractivity (Wildman–Crippen MR) is 124 cm³/mol. The minimum atomic E-state index is -0.569. The lowest BCUT2D eigenvalue weighted by Gasteiger charge is -2.25. The Morgan fingerprint density at radius 1 is 1.06 bits per heavy atom. The van der Waals surface area contributed by atoms with Gasteiger partial charge in [-0.2, -0.15) is 0 Å². The lowest BCUT2D eigenvalue weighted by atomic mass is 10.1. The average molecular weight is 436 g/mol. The van der Waals surface area contributed by atoms with Crippen molar-refractivity contribution in [1.29, 1.82) is 0 Å². The number of anilines is 3. The van der Waals surface area contributed by atoms with Crippen molar-refractivity contribution in [3.63, 3.8) is 0 Å². The molecule has 3 aromatic carbocycles. The van der Waals surface area contributed by atoms with Crippen molar-refractivity contribution in [2.75, 3.05) is 35.0 Å². The first-order chi connectivity index (χ1) is 14.9. The van der Waals surface area contributed by atoms with E-state index in [1.54, 1.807) is 23.1 Å². The molecule has 1 unspecified atom stereocenters. The molecule has 0 saturated carbocycles. The van der Waals surface area contributed by atoms with E-state index in [0.29, 0.717) is 11.4 Å². The highest BCUT2D eigenvalue weighted by atomic mass is 32.2.